The van der Waals surface area contributed by atoms with E-state index in [-0.39, 0.29) is 0 Å². The molecule has 0 aliphatic carbocycles. The Balaban J connectivity index is 5.96. The van der Waals surface area contributed by atoms with Gasteiger partial charge in [0.25, 0.3) is 0 Å². The largest absolute Gasteiger partial charge is 0.460 e. The highest BCUT2D eigenvalue weighted by Gasteiger charge is 2.88. The van der Waals surface area contributed by atoms with Gasteiger partial charge in [-0.3, -0.25) is 0 Å². The Kier molecular flexibility index (Phi) is 7.02. The van der Waals surface area contributed by atoms with Gasteiger partial charge in [-0.1, -0.05) is 0 Å². The fraction of sp³-hybridized carbons (Fsp3) is 1.00. The maximum absolute atomic E-state index is 13.2. The molecule has 0 radical (unpaired) electrons. The molecule has 0 saturated carbocycles. The summed E-state index contributed by atoms with van der Waals surface area (Å²) in [5.41, 5.74) is 0. The molecule has 0 heterocycles. The van der Waals surface area contributed by atoms with E-state index in [1.165, 1.54) is 0 Å². The molecule has 2 atom stereocenters. The SMILES string of the molecule is FC(C[Si](Cl)(Cl)Cl)C(F)C(F)(F)C(F)(F)C(F)(F)C(F)(F)C(F)(F)F. The Morgan fingerprint density at radius 3 is 1.28 bits per heavy atom. The summed E-state index contributed by atoms with van der Waals surface area (Å²) in [6.07, 6.45) is -16.2. The van der Waals surface area contributed by atoms with Crippen LogP contribution in [0.3, 0.4) is 0 Å². The summed E-state index contributed by atoms with van der Waals surface area (Å²) in [4.78, 5) is 0. The topological polar surface area (TPSA) is 0 Å². The quantitative estimate of drug-likeness (QED) is 0.224. The lowest BCUT2D eigenvalue weighted by Gasteiger charge is -2.38. The summed E-state index contributed by atoms with van der Waals surface area (Å²) >= 11 is 14.9. The Morgan fingerprint density at radius 1 is 0.640 bits per heavy atom. The van der Waals surface area contributed by atoms with Crippen LogP contribution in [0, 0.1) is 0 Å². The van der Waals surface area contributed by atoms with Crippen molar-refractivity contribution in [1.29, 1.82) is 0 Å². The van der Waals surface area contributed by atoms with E-state index in [1.54, 1.807) is 0 Å². The van der Waals surface area contributed by atoms with Crippen molar-refractivity contribution in [2.45, 2.75) is 48.3 Å². The Bertz CT molecular complexity index is 471. The second kappa shape index (κ2) is 6.97. The van der Waals surface area contributed by atoms with Crippen molar-refractivity contribution >= 4 is 39.2 Å². The van der Waals surface area contributed by atoms with E-state index in [0.29, 0.717) is 0 Å². The molecule has 0 aliphatic heterocycles. The summed E-state index contributed by atoms with van der Waals surface area (Å²) in [6, 6.07) is -6.11. The Morgan fingerprint density at radius 2 is 1.00 bits per heavy atom. The fourth-order valence-corrected chi connectivity index (χ4v) is 3.29. The minimum Gasteiger partial charge on any atom is -0.244 e. The summed E-state index contributed by atoms with van der Waals surface area (Å²) in [5.74, 6) is -30.2. The zero-order chi connectivity index (χ0) is 20.9. The second-order valence-corrected chi connectivity index (χ2v) is 13.8. The van der Waals surface area contributed by atoms with Gasteiger partial charge in [0.05, 0.1) is 0 Å². The average Bonchev–Trinajstić information content (AvgIpc) is 2.33. The first-order valence-electron chi connectivity index (χ1n) is 5.47. The molecular weight excluding hydrogens is 478 g/mol. The van der Waals surface area contributed by atoms with Crippen molar-refractivity contribution in [2.24, 2.45) is 0 Å². The van der Waals surface area contributed by atoms with Crippen molar-refractivity contribution in [3.63, 3.8) is 0 Å². The van der Waals surface area contributed by atoms with Gasteiger partial charge in [0, 0.05) is 6.04 Å². The zero-order valence-corrected chi connectivity index (χ0v) is 14.2. The van der Waals surface area contributed by atoms with Gasteiger partial charge in [-0.2, -0.15) is 48.3 Å². The standard InChI is InChI=1S/C8H4Cl3F13Si/c9-25(10,11)1-2(12)3(13)4(14,15)5(16,17)6(18,19)7(20,21)8(22,23)24/h2-3H,1H2. The van der Waals surface area contributed by atoms with Crippen LogP contribution in [-0.4, -0.2) is 48.2 Å². The maximum atomic E-state index is 13.2. The molecule has 0 spiro atoms. The van der Waals surface area contributed by atoms with Crippen molar-refractivity contribution in [3.05, 3.63) is 0 Å². The number of hydrogen-bond donors (Lipinski definition) is 0. The van der Waals surface area contributed by atoms with Gasteiger partial charge >= 0.3 is 35.9 Å². The molecule has 25 heavy (non-hydrogen) atoms. The van der Waals surface area contributed by atoms with Gasteiger partial charge < -0.3 is 0 Å². The molecule has 152 valence electrons. The van der Waals surface area contributed by atoms with Crippen LogP contribution in [0.4, 0.5) is 57.1 Å². The van der Waals surface area contributed by atoms with Crippen LogP contribution in [0.1, 0.15) is 0 Å². The highest BCUT2D eigenvalue weighted by molar-refractivity contribution is 7.64. The predicted molar refractivity (Wildman–Crippen MR) is 63.8 cm³/mol. The molecule has 0 aromatic heterocycles. The van der Waals surface area contributed by atoms with Crippen molar-refractivity contribution in [2.75, 3.05) is 0 Å². The average molecular weight is 482 g/mol. The van der Waals surface area contributed by atoms with Gasteiger partial charge in [0.2, 0.25) is 6.17 Å². The van der Waals surface area contributed by atoms with Crippen LogP contribution in [0.15, 0.2) is 0 Å². The first-order valence-corrected chi connectivity index (χ1v) is 10.7. The van der Waals surface area contributed by atoms with E-state index >= 15 is 0 Å². The molecule has 0 saturated heterocycles. The van der Waals surface area contributed by atoms with Gasteiger partial charge in [0.1, 0.15) is 6.17 Å². The fourth-order valence-electron chi connectivity index (χ4n) is 1.31. The number of hydrogen-bond acceptors (Lipinski definition) is 0. The first-order chi connectivity index (χ1) is 10.5. The summed E-state index contributed by atoms with van der Waals surface area (Å²) < 4.78 is 165. The first kappa shape index (κ1) is 25.2. The van der Waals surface area contributed by atoms with Crippen LogP contribution in [0.5, 0.6) is 0 Å². The molecule has 0 aliphatic rings. The van der Waals surface area contributed by atoms with Crippen LogP contribution in [-0.2, 0) is 0 Å². The predicted octanol–water partition coefficient (Wildman–Crippen LogP) is 6.42. The lowest BCUT2D eigenvalue weighted by atomic mass is 9.94. The third-order valence-electron chi connectivity index (χ3n) is 2.65. The lowest BCUT2D eigenvalue weighted by Crippen LogP contribution is -2.69. The number of alkyl halides is 13. The molecule has 17 heteroatoms. The lowest BCUT2D eigenvalue weighted by molar-refractivity contribution is -0.427. The molecule has 0 aromatic carbocycles. The molecular formula is C8H4Cl3F13Si. The van der Waals surface area contributed by atoms with Gasteiger partial charge in [0.15, 0.2) is 0 Å². The van der Waals surface area contributed by atoms with E-state index < -0.39 is 54.3 Å². The highest BCUT2D eigenvalue weighted by atomic mass is 35.8. The Hall–Kier alpha value is 0.177. The van der Waals surface area contributed by atoms with E-state index in [9.17, 15) is 57.1 Å². The van der Waals surface area contributed by atoms with E-state index in [0.717, 1.165) is 0 Å². The third-order valence-corrected chi connectivity index (χ3v) is 4.90. The minimum atomic E-state index is -7.83. The zero-order valence-electron chi connectivity index (χ0n) is 10.9. The normalized spacial score (nSPS) is 18.2. The summed E-state index contributed by atoms with van der Waals surface area (Å²) in [5, 5.41) is 0. The van der Waals surface area contributed by atoms with Crippen LogP contribution >= 0.6 is 33.2 Å². The third kappa shape index (κ3) is 4.54. The second-order valence-electron chi connectivity index (χ2n) is 4.58. The van der Waals surface area contributed by atoms with Crippen molar-refractivity contribution < 1.29 is 57.1 Å². The smallest absolute Gasteiger partial charge is 0.244 e. The van der Waals surface area contributed by atoms with Crippen molar-refractivity contribution in [3.8, 4) is 0 Å². The molecule has 0 aromatic rings. The van der Waals surface area contributed by atoms with Gasteiger partial charge in [-0.25, -0.2) is 8.78 Å². The monoisotopic (exact) mass is 480 g/mol. The van der Waals surface area contributed by atoms with Crippen LogP contribution in [0.25, 0.3) is 0 Å². The molecule has 0 rings (SSSR count). The minimum absolute atomic E-state index is 1.79. The Labute approximate surface area is 145 Å². The van der Waals surface area contributed by atoms with Crippen LogP contribution in [0.2, 0.25) is 6.04 Å². The maximum Gasteiger partial charge on any atom is 0.460 e. The summed E-state index contributed by atoms with van der Waals surface area (Å²) in [6.45, 7) is 0. The number of halogens is 16. The van der Waals surface area contributed by atoms with E-state index in [4.69, 9.17) is 33.2 Å². The van der Waals surface area contributed by atoms with E-state index in [2.05, 4.69) is 0 Å². The van der Waals surface area contributed by atoms with Crippen LogP contribution < -0.4 is 0 Å². The highest BCUT2D eigenvalue weighted by Crippen LogP contribution is 2.58. The summed E-state index contributed by atoms with van der Waals surface area (Å²) in [7, 11) is 0. The van der Waals surface area contributed by atoms with E-state index in [1.807, 2.05) is 0 Å². The van der Waals surface area contributed by atoms with Gasteiger partial charge in [-0.05, 0) is 0 Å². The van der Waals surface area contributed by atoms with Gasteiger partial charge in [-0.15, -0.1) is 33.2 Å². The molecule has 0 amide bonds. The number of rotatable bonds is 7. The molecule has 0 bridgehead atoms. The van der Waals surface area contributed by atoms with Crippen molar-refractivity contribution in [1.82, 2.24) is 0 Å². The molecule has 0 N–H and O–H groups in total. The molecule has 0 fully saturated rings. The molecule has 2 unspecified atom stereocenters. The molecule has 0 nitrogen and oxygen atoms in total.